The molecule has 0 saturated carbocycles. The van der Waals surface area contributed by atoms with Gasteiger partial charge in [0.05, 0.1) is 16.7 Å². The highest BCUT2D eigenvalue weighted by Crippen LogP contribution is 2.23. The zero-order valence-corrected chi connectivity index (χ0v) is 13.1. The standard InChI is InChI=1S/C15H22N2O2S/c1-4-20(18,19)14-8-6-13(7-9-14)17-12-15(2,3)10-5-11-16/h6-9,17H,4-5,10,12H2,1-3H3. The topological polar surface area (TPSA) is 70.0 Å². The van der Waals surface area contributed by atoms with Crippen LogP contribution in [0.4, 0.5) is 5.69 Å². The molecule has 0 saturated heterocycles. The summed E-state index contributed by atoms with van der Waals surface area (Å²) in [6.07, 6.45) is 1.38. The Kier molecular flexibility index (Phi) is 5.58. The molecule has 4 nitrogen and oxygen atoms in total. The van der Waals surface area contributed by atoms with Crippen molar-refractivity contribution in [1.82, 2.24) is 0 Å². The van der Waals surface area contributed by atoms with Crippen molar-refractivity contribution in [2.24, 2.45) is 5.41 Å². The van der Waals surface area contributed by atoms with E-state index in [4.69, 9.17) is 5.26 Å². The SMILES string of the molecule is CCS(=O)(=O)c1ccc(NCC(C)(C)CCC#N)cc1. The Morgan fingerprint density at radius 1 is 1.25 bits per heavy atom. The molecule has 0 fully saturated rings. The molecule has 0 aliphatic rings. The van der Waals surface area contributed by atoms with Gasteiger partial charge in [0.1, 0.15) is 0 Å². The molecule has 1 aromatic carbocycles. The average Bonchev–Trinajstić information content (AvgIpc) is 2.43. The molecule has 1 rings (SSSR count). The van der Waals surface area contributed by atoms with E-state index in [1.165, 1.54) is 0 Å². The maximum Gasteiger partial charge on any atom is 0.178 e. The number of nitrogens with zero attached hydrogens (tertiary/aromatic N) is 1. The van der Waals surface area contributed by atoms with Gasteiger partial charge >= 0.3 is 0 Å². The molecule has 0 atom stereocenters. The van der Waals surface area contributed by atoms with Crippen LogP contribution in [0.2, 0.25) is 0 Å². The second kappa shape index (κ2) is 6.76. The van der Waals surface area contributed by atoms with E-state index in [0.717, 1.165) is 18.7 Å². The number of sulfone groups is 1. The molecule has 0 radical (unpaired) electrons. The second-order valence-electron chi connectivity index (χ2n) is 5.60. The van der Waals surface area contributed by atoms with Crippen molar-refractivity contribution in [3.63, 3.8) is 0 Å². The Morgan fingerprint density at radius 3 is 2.35 bits per heavy atom. The number of nitrogens with one attached hydrogen (secondary N) is 1. The predicted molar refractivity (Wildman–Crippen MR) is 81.3 cm³/mol. The Balaban J connectivity index is 2.65. The van der Waals surface area contributed by atoms with Crippen molar-refractivity contribution in [3.05, 3.63) is 24.3 Å². The van der Waals surface area contributed by atoms with E-state index in [0.29, 0.717) is 11.3 Å². The Bertz CT molecular complexity index is 569. The van der Waals surface area contributed by atoms with E-state index in [-0.39, 0.29) is 11.2 Å². The molecule has 0 aliphatic heterocycles. The third-order valence-corrected chi connectivity index (χ3v) is 5.03. The maximum absolute atomic E-state index is 11.7. The number of anilines is 1. The highest BCUT2D eigenvalue weighted by atomic mass is 32.2. The molecule has 0 heterocycles. The van der Waals surface area contributed by atoms with Crippen LogP contribution in [0.3, 0.4) is 0 Å². The van der Waals surface area contributed by atoms with Crippen molar-refractivity contribution in [3.8, 4) is 6.07 Å². The zero-order valence-electron chi connectivity index (χ0n) is 12.3. The van der Waals surface area contributed by atoms with E-state index in [1.54, 1.807) is 31.2 Å². The van der Waals surface area contributed by atoms with E-state index in [2.05, 4.69) is 25.2 Å². The van der Waals surface area contributed by atoms with Gasteiger partial charge in [-0.25, -0.2) is 8.42 Å². The van der Waals surface area contributed by atoms with Crippen molar-refractivity contribution >= 4 is 15.5 Å². The molecular weight excluding hydrogens is 272 g/mol. The number of hydrogen-bond acceptors (Lipinski definition) is 4. The van der Waals surface area contributed by atoms with Crippen LogP contribution in [-0.4, -0.2) is 20.7 Å². The molecule has 0 amide bonds. The highest BCUT2D eigenvalue weighted by Gasteiger charge is 2.17. The fourth-order valence-corrected chi connectivity index (χ4v) is 2.65. The summed E-state index contributed by atoms with van der Waals surface area (Å²) in [7, 11) is -3.13. The lowest BCUT2D eigenvalue weighted by molar-refractivity contribution is 0.364. The van der Waals surface area contributed by atoms with Crippen LogP contribution >= 0.6 is 0 Å². The summed E-state index contributed by atoms with van der Waals surface area (Å²) >= 11 is 0. The summed E-state index contributed by atoms with van der Waals surface area (Å²) in [6, 6.07) is 8.98. The quantitative estimate of drug-likeness (QED) is 0.838. The molecule has 0 unspecified atom stereocenters. The Hall–Kier alpha value is -1.54. The van der Waals surface area contributed by atoms with Gasteiger partial charge in [-0.2, -0.15) is 5.26 Å². The third kappa shape index (κ3) is 4.86. The summed E-state index contributed by atoms with van der Waals surface area (Å²) in [5.74, 6) is 0.112. The lowest BCUT2D eigenvalue weighted by atomic mass is 9.88. The lowest BCUT2D eigenvalue weighted by Crippen LogP contribution is -2.22. The second-order valence-corrected chi connectivity index (χ2v) is 7.88. The van der Waals surface area contributed by atoms with Gasteiger partial charge in [0.15, 0.2) is 9.84 Å². The van der Waals surface area contributed by atoms with Crippen LogP contribution in [0.15, 0.2) is 29.2 Å². The molecule has 0 aliphatic carbocycles. The van der Waals surface area contributed by atoms with Gasteiger partial charge in [-0.15, -0.1) is 0 Å². The molecule has 1 N–H and O–H groups in total. The van der Waals surface area contributed by atoms with Crippen LogP contribution in [0.1, 0.15) is 33.6 Å². The molecule has 110 valence electrons. The average molecular weight is 294 g/mol. The monoisotopic (exact) mass is 294 g/mol. The molecule has 0 aromatic heterocycles. The number of benzene rings is 1. The smallest absolute Gasteiger partial charge is 0.178 e. The molecule has 20 heavy (non-hydrogen) atoms. The summed E-state index contributed by atoms with van der Waals surface area (Å²) in [6.45, 7) is 6.59. The van der Waals surface area contributed by atoms with Gasteiger partial charge < -0.3 is 5.32 Å². The fraction of sp³-hybridized carbons (Fsp3) is 0.533. The first-order chi connectivity index (χ1) is 9.30. The van der Waals surface area contributed by atoms with Gasteiger partial charge in [0, 0.05) is 18.7 Å². The third-order valence-electron chi connectivity index (χ3n) is 3.28. The Morgan fingerprint density at radius 2 is 1.85 bits per heavy atom. The minimum Gasteiger partial charge on any atom is -0.385 e. The highest BCUT2D eigenvalue weighted by molar-refractivity contribution is 7.91. The van der Waals surface area contributed by atoms with Gasteiger partial charge in [0.25, 0.3) is 0 Å². The minimum atomic E-state index is -3.13. The molecular formula is C15H22N2O2S. The van der Waals surface area contributed by atoms with Gasteiger partial charge in [-0.3, -0.25) is 0 Å². The zero-order chi connectivity index (χ0) is 15.2. The fourth-order valence-electron chi connectivity index (χ4n) is 1.77. The van der Waals surface area contributed by atoms with Crippen molar-refractivity contribution in [1.29, 1.82) is 5.26 Å². The van der Waals surface area contributed by atoms with Crippen molar-refractivity contribution in [2.75, 3.05) is 17.6 Å². The van der Waals surface area contributed by atoms with Crippen LogP contribution in [0.25, 0.3) is 0 Å². The minimum absolute atomic E-state index is 0.0316. The maximum atomic E-state index is 11.7. The number of rotatable bonds is 7. The van der Waals surface area contributed by atoms with Crippen LogP contribution in [0, 0.1) is 16.7 Å². The predicted octanol–water partition coefficient (Wildman–Crippen LogP) is 3.22. The Labute approximate surface area is 121 Å². The first-order valence-corrected chi connectivity index (χ1v) is 8.39. The molecule has 0 spiro atoms. The first-order valence-electron chi connectivity index (χ1n) is 6.74. The van der Waals surface area contributed by atoms with E-state index < -0.39 is 9.84 Å². The van der Waals surface area contributed by atoms with Crippen molar-refractivity contribution < 1.29 is 8.42 Å². The summed E-state index contributed by atoms with van der Waals surface area (Å²) < 4.78 is 23.4. The number of hydrogen-bond donors (Lipinski definition) is 1. The largest absolute Gasteiger partial charge is 0.385 e. The first kappa shape index (κ1) is 16.5. The van der Waals surface area contributed by atoms with E-state index >= 15 is 0 Å². The molecule has 5 heteroatoms. The summed E-state index contributed by atoms with van der Waals surface area (Å²) in [5, 5.41) is 11.9. The summed E-state index contributed by atoms with van der Waals surface area (Å²) in [5.41, 5.74) is 0.925. The van der Waals surface area contributed by atoms with Crippen LogP contribution in [-0.2, 0) is 9.84 Å². The van der Waals surface area contributed by atoms with Gasteiger partial charge in [-0.05, 0) is 36.1 Å². The van der Waals surface area contributed by atoms with Gasteiger partial charge in [0.2, 0.25) is 0 Å². The molecule has 0 bridgehead atoms. The van der Waals surface area contributed by atoms with Gasteiger partial charge in [-0.1, -0.05) is 20.8 Å². The van der Waals surface area contributed by atoms with Crippen LogP contribution in [0.5, 0.6) is 0 Å². The van der Waals surface area contributed by atoms with E-state index in [1.807, 2.05) is 0 Å². The molecule has 1 aromatic rings. The lowest BCUT2D eigenvalue weighted by Gasteiger charge is -2.24. The van der Waals surface area contributed by atoms with Crippen LogP contribution < -0.4 is 5.32 Å². The normalized spacial score (nSPS) is 11.9. The van der Waals surface area contributed by atoms with E-state index in [9.17, 15) is 8.42 Å². The van der Waals surface area contributed by atoms with Crippen molar-refractivity contribution in [2.45, 2.75) is 38.5 Å². The number of nitriles is 1. The summed E-state index contributed by atoms with van der Waals surface area (Å²) in [4.78, 5) is 0.356.